The summed E-state index contributed by atoms with van der Waals surface area (Å²) in [7, 11) is -0.458. The zero-order valence-electron chi connectivity index (χ0n) is 10.8. The van der Waals surface area contributed by atoms with Crippen molar-refractivity contribution in [1.82, 2.24) is 9.96 Å². The van der Waals surface area contributed by atoms with Crippen molar-refractivity contribution in [3.05, 3.63) is 0 Å². The number of hydrogen-bond donors (Lipinski definition) is 2. The van der Waals surface area contributed by atoms with Crippen LogP contribution in [0.1, 0.15) is 32.1 Å². The molecule has 1 unspecified atom stereocenters. The molecule has 0 aliphatic heterocycles. The molecule has 2 N–H and O–H groups in total. The molecule has 0 heterocycles. The summed E-state index contributed by atoms with van der Waals surface area (Å²) in [6.45, 7) is 0.458. The molecule has 0 aromatic heterocycles. The summed E-state index contributed by atoms with van der Waals surface area (Å²) in [6, 6.07) is 0. The number of amides is 1. The summed E-state index contributed by atoms with van der Waals surface area (Å²) >= 11 is 0. The van der Waals surface area contributed by atoms with Crippen LogP contribution in [-0.4, -0.2) is 52.4 Å². The van der Waals surface area contributed by atoms with Crippen molar-refractivity contribution in [3.8, 4) is 0 Å². The fourth-order valence-corrected chi connectivity index (χ4v) is 2.70. The molecule has 1 fully saturated rings. The first kappa shape index (κ1) is 15.5. The molecule has 1 aliphatic carbocycles. The lowest BCUT2D eigenvalue weighted by atomic mass is 9.88. The highest BCUT2D eigenvalue weighted by molar-refractivity contribution is 7.38. The predicted molar refractivity (Wildman–Crippen MR) is 67.4 cm³/mol. The molecule has 18 heavy (non-hydrogen) atoms. The average Bonchev–Trinajstić information content (AvgIpc) is 2.36. The standard InChI is InChI=1S/C11H21N2O4P/c1-12(7-8-18(16)17)9-13(15)11(14)10-5-3-2-4-6-10/h10,15H,2-9H2,1H3/p+1. The SMILES string of the molecule is CN(CC[P+](=O)O)CN(O)C(=O)C1CCCCC1. The predicted octanol–water partition coefficient (Wildman–Crippen LogP) is 1.41. The summed E-state index contributed by atoms with van der Waals surface area (Å²) in [6.07, 6.45) is 5.11. The van der Waals surface area contributed by atoms with Crippen LogP contribution in [0.15, 0.2) is 0 Å². The van der Waals surface area contributed by atoms with Crippen molar-refractivity contribution in [3.63, 3.8) is 0 Å². The van der Waals surface area contributed by atoms with Gasteiger partial charge < -0.3 is 0 Å². The van der Waals surface area contributed by atoms with E-state index in [1.165, 1.54) is 6.42 Å². The summed E-state index contributed by atoms with van der Waals surface area (Å²) < 4.78 is 10.5. The van der Waals surface area contributed by atoms with Gasteiger partial charge in [0.1, 0.15) is 6.67 Å². The van der Waals surface area contributed by atoms with Gasteiger partial charge in [-0.15, -0.1) is 0 Å². The third-order valence-electron chi connectivity index (χ3n) is 3.26. The third-order valence-corrected chi connectivity index (χ3v) is 3.84. The molecular weight excluding hydrogens is 255 g/mol. The van der Waals surface area contributed by atoms with E-state index in [0.29, 0.717) is 6.54 Å². The number of rotatable bonds is 6. The normalized spacial score (nSPS) is 17.9. The minimum Gasteiger partial charge on any atom is -0.285 e. The summed E-state index contributed by atoms with van der Waals surface area (Å²) in [4.78, 5) is 22.3. The molecule has 6 nitrogen and oxygen atoms in total. The van der Waals surface area contributed by atoms with E-state index in [0.717, 1.165) is 30.7 Å². The van der Waals surface area contributed by atoms with E-state index in [9.17, 15) is 14.6 Å². The van der Waals surface area contributed by atoms with E-state index in [-0.39, 0.29) is 24.7 Å². The molecule has 1 saturated carbocycles. The van der Waals surface area contributed by atoms with Gasteiger partial charge in [-0.3, -0.25) is 14.9 Å². The van der Waals surface area contributed by atoms with Gasteiger partial charge in [0, 0.05) is 12.5 Å². The highest BCUT2D eigenvalue weighted by atomic mass is 31.1. The number of hydroxylamine groups is 2. The first-order chi connectivity index (χ1) is 8.50. The molecule has 1 atom stereocenters. The molecule has 1 rings (SSSR count). The van der Waals surface area contributed by atoms with Crippen LogP contribution >= 0.6 is 8.03 Å². The van der Waals surface area contributed by atoms with Crippen LogP contribution in [0.3, 0.4) is 0 Å². The lowest BCUT2D eigenvalue weighted by Crippen LogP contribution is -2.41. The summed E-state index contributed by atoms with van der Waals surface area (Å²) in [5.41, 5.74) is 0. The maximum atomic E-state index is 11.9. The van der Waals surface area contributed by atoms with Gasteiger partial charge in [0.05, 0.1) is 0 Å². The van der Waals surface area contributed by atoms with Gasteiger partial charge >= 0.3 is 8.03 Å². The van der Waals surface area contributed by atoms with Crippen LogP contribution in [0.2, 0.25) is 0 Å². The summed E-state index contributed by atoms with van der Waals surface area (Å²) in [5, 5.41) is 10.4. The minimum atomic E-state index is -2.16. The van der Waals surface area contributed by atoms with Crippen LogP contribution in [0.4, 0.5) is 0 Å². The first-order valence-corrected chi connectivity index (χ1v) is 7.73. The molecule has 104 valence electrons. The quantitative estimate of drug-likeness (QED) is 0.332. The Hall–Kier alpha value is -0.550. The van der Waals surface area contributed by atoms with Gasteiger partial charge in [-0.05, 0) is 24.5 Å². The Bertz CT molecular complexity index is 295. The molecular formula is C11H22N2O4P+. The Morgan fingerprint density at radius 1 is 1.33 bits per heavy atom. The highest BCUT2D eigenvalue weighted by Crippen LogP contribution is 2.25. The van der Waals surface area contributed by atoms with Crippen molar-refractivity contribution < 1.29 is 19.5 Å². The van der Waals surface area contributed by atoms with E-state index in [2.05, 4.69) is 0 Å². The lowest BCUT2D eigenvalue weighted by molar-refractivity contribution is -0.179. The van der Waals surface area contributed by atoms with Crippen LogP contribution < -0.4 is 0 Å². The van der Waals surface area contributed by atoms with Gasteiger partial charge in [0.15, 0.2) is 6.16 Å². The van der Waals surface area contributed by atoms with E-state index < -0.39 is 8.03 Å². The minimum absolute atomic E-state index is 0.0633. The van der Waals surface area contributed by atoms with Crippen molar-refractivity contribution >= 4 is 13.9 Å². The highest BCUT2D eigenvalue weighted by Gasteiger charge is 2.26. The van der Waals surface area contributed by atoms with Crippen LogP contribution in [-0.2, 0) is 9.36 Å². The zero-order chi connectivity index (χ0) is 13.5. The molecule has 0 spiro atoms. The molecule has 0 radical (unpaired) electrons. The van der Waals surface area contributed by atoms with E-state index in [4.69, 9.17) is 4.89 Å². The maximum absolute atomic E-state index is 11.9. The number of nitrogens with zero attached hydrogens (tertiary/aromatic N) is 2. The second-order valence-electron chi connectivity index (χ2n) is 4.87. The Labute approximate surface area is 108 Å². The summed E-state index contributed by atoms with van der Waals surface area (Å²) in [5.74, 6) is -0.290. The largest absolute Gasteiger partial charge is 0.506 e. The van der Waals surface area contributed by atoms with E-state index in [1.54, 1.807) is 11.9 Å². The van der Waals surface area contributed by atoms with Gasteiger partial charge in [-0.1, -0.05) is 19.3 Å². The molecule has 0 aromatic rings. The molecule has 7 heteroatoms. The number of hydrogen-bond acceptors (Lipinski definition) is 4. The maximum Gasteiger partial charge on any atom is 0.506 e. The van der Waals surface area contributed by atoms with Gasteiger partial charge in [0.25, 0.3) is 0 Å². The second-order valence-corrected chi connectivity index (χ2v) is 6.02. The second kappa shape index (κ2) is 7.79. The Morgan fingerprint density at radius 3 is 2.50 bits per heavy atom. The Kier molecular flexibility index (Phi) is 6.71. The van der Waals surface area contributed by atoms with Gasteiger partial charge in [-0.25, -0.2) is 5.06 Å². The van der Waals surface area contributed by atoms with Crippen molar-refractivity contribution in [2.75, 3.05) is 26.4 Å². The van der Waals surface area contributed by atoms with E-state index in [1.807, 2.05) is 0 Å². The molecule has 0 saturated heterocycles. The third kappa shape index (κ3) is 5.40. The fraction of sp³-hybridized carbons (Fsp3) is 0.909. The Balaban J connectivity index is 2.31. The fourth-order valence-electron chi connectivity index (χ4n) is 2.19. The number of carbonyl (C=O) groups is 1. The lowest BCUT2D eigenvalue weighted by Gasteiger charge is -2.27. The van der Waals surface area contributed by atoms with Gasteiger partial charge in [-0.2, -0.15) is 4.89 Å². The first-order valence-electron chi connectivity index (χ1n) is 6.33. The smallest absolute Gasteiger partial charge is 0.285 e. The molecule has 0 bridgehead atoms. The zero-order valence-corrected chi connectivity index (χ0v) is 11.7. The number of carbonyl (C=O) groups excluding carboxylic acids is 1. The van der Waals surface area contributed by atoms with Crippen LogP contribution in [0.5, 0.6) is 0 Å². The monoisotopic (exact) mass is 277 g/mol. The topological polar surface area (TPSA) is 81.1 Å². The van der Waals surface area contributed by atoms with Crippen LogP contribution in [0, 0.1) is 5.92 Å². The molecule has 1 amide bonds. The van der Waals surface area contributed by atoms with Crippen molar-refractivity contribution in [1.29, 1.82) is 0 Å². The average molecular weight is 277 g/mol. The van der Waals surface area contributed by atoms with Gasteiger partial charge in [0.2, 0.25) is 5.91 Å². The molecule has 1 aliphatic rings. The van der Waals surface area contributed by atoms with Crippen molar-refractivity contribution in [2.24, 2.45) is 5.92 Å². The van der Waals surface area contributed by atoms with Crippen molar-refractivity contribution in [2.45, 2.75) is 32.1 Å². The van der Waals surface area contributed by atoms with E-state index >= 15 is 0 Å². The molecule has 0 aromatic carbocycles. The van der Waals surface area contributed by atoms with Crippen LogP contribution in [0.25, 0.3) is 0 Å². The Morgan fingerprint density at radius 2 is 1.94 bits per heavy atom.